The molecule has 0 aromatic rings. The van der Waals surface area contributed by atoms with Gasteiger partial charge in [-0.3, -0.25) is 0 Å². The van der Waals surface area contributed by atoms with Gasteiger partial charge in [0.25, 0.3) is 0 Å². The van der Waals surface area contributed by atoms with Gasteiger partial charge in [0.05, 0.1) is 0 Å². The van der Waals surface area contributed by atoms with Crippen molar-refractivity contribution in [1.29, 1.82) is 0 Å². The van der Waals surface area contributed by atoms with Crippen LogP contribution in [0.5, 0.6) is 0 Å². The van der Waals surface area contributed by atoms with Crippen LogP contribution in [-0.2, 0) is 0 Å². The van der Waals surface area contributed by atoms with Gasteiger partial charge < -0.3 is 5.32 Å². The van der Waals surface area contributed by atoms with Crippen molar-refractivity contribution >= 4 is 11.8 Å². The summed E-state index contributed by atoms with van der Waals surface area (Å²) in [6.45, 7) is 10.4. The Bertz CT molecular complexity index is 171. The average molecular weight is 215 g/mol. The molecule has 2 heteroatoms. The van der Waals surface area contributed by atoms with Crippen molar-refractivity contribution in [2.24, 2.45) is 11.8 Å². The van der Waals surface area contributed by atoms with E-state index in [1.807, 2.05) is 11.8 Å². The molecule has 1 atom stereocenters. The first-order valence-corrected chi connectivity index (χ1v) is 6.97. The maximum absolute atomic E-state index is 3.75. The molecule has 1 aliphatic carbocycles. The molecule has 0 radical (unpaired) electrons. The lowest BCUT2D eigenvalue weighted by atomic mass is 9.99. The van der Waals surface area contributed by atoms with Crippen LogP contribution in [0.1, 0.15) is 40.5 Å². The number of rotatable bonds is 6. The van der Waals surface area contributed by atoms with E-state index in [0.29, 0.717) is 4.75 Å². The van der Waals surface area contributed by atoms with Gasteiger partial charge in [-0.15, -0.1) is 0 Å². The maximum Gasteiger partial charge on any atom is 0.0225 e. The van der Waals surface area contributed by atoms with Crippen molar-refractivity contribution in [2.45, 2.75) is 51.3 Å². The van der Waals surface area contributed by atoms with E-state index in [9.17, 15) is 0 Å². The lowest BCUT2D eigenvalue weighted by Gasteiger charge is -2.29. The molecule has 1 nitrogen and oxygen atoms in total. The Kier molecular flexibility index (Phi) is 4.32. The van der Waals surface area contributed by atoms with Crippen LogP contribution in [0.15, 0.2) is 0 Å². The Morgan fingerprint density at radius 2 is 1.93 bits per heavy atom. The molecule has 1 saturated carbocycles. The molecular formula is C12H25NS. The van der Waals surface area contributed by atoms with E-state index in [2.05, 4.69) is 39.3 Å². The summed E-state index contributed by atoms with van der Waals surface area (Å²) in [5, 5.41) is 3.75. The SMILES string of the molecule is CSC(C)(C)CNC(C(C)C)C1CC1. The van der Waals surface area contributed by atoms with Gasteiger partial charge in [-0.2, -0.15) is 11.8 Å². The van der Waals surface area contributed by atoms with Crippen molar-refractivity contribution < 1.29 is 0 Å². The van der Waals surface area contributed by atoms with E-state index in [4.69, 9.17) is 0 Å². The first kappa shape index (κ1) is 12.4. The van der Waals surface area contributed by atoms with E-state index in [0.717, 1.165) is 24.4 Å². The van der Waals surface area contributed by atoms with E-state index < -0.39 is 0 Å². The summed E-state index contributed by atoms with van der Waals surface area (Å²) in [5.74, 6) is 1.74. The second-order valence-corrected chi connectivity index (χ2v) is 6.97. The number of nitrogens with one attached hydrogen (secondary N) is 1. The fraction of sp³-hybridized carbons (Fsp3) is 1.00. The van der Waals surface area contributed by atoms with Gasteiger partial charge in [-0.1, -0.05) is 13.8 Å². The van der Waals surface area contributed by atoms with Gasteiger partial charge in [-0.05, 0) is 44.8 Å². The molecule has 14 heavy (non-hydrogen) atoms. The summed E-state index contributed by atoms with van der Waals surface area (Å²) in [6, 6.07) is 0.751. The first-order chi connectivity index (χ1) is 6.46. The largest absolute Gasteiger partial charge is 0.312 e. The van der Waals surface area contributed by atoms with E-state index in [1.54, 1.807) is 0 Å². The Balaban J connectivity index is 2.33. The van der Waals surface area contributed by atoms with Crippen molar-refractivity contribution in [3.63, 3.8) is 0 Å². The lowest BCUT2D eigenvalue weighted by molar-refractivity contribution is 0.351. The summed E-state index contributed by atoms with van der Waals surface area (Å²) < 4.78 is 0.377. The molecule has 1 rings (SSSR count). The molecule has 1 unspecified atom stereocenters. The monoisotopic (exact) mass is 215 g/mol. The van der Waals surface area contributed by atoms with Crippen LogP contribution >= 0.6 is 11.8 Å². The second-order valence-electron chi connectivity index (χ2n) is 5.45. The highest BCUT2D eigenvalue weighted by atomic mass is 32.2. The smallest absolute Gasteiger partial charge is 0.0225 e. The molecule has 0 amide bonds. The van der Waals surface area contributed by atoms with Gasteiger partial charge in [0, 0.05) is 17.3 Å². The minimum atomic E-state index is 0.377. The molecule has 1 N–H and O–H groups in total. The zero-order valence-electron chi connectivity index (χ0n) is 10.3. The Morgan fingerprint density at radius 1 is 1.36 bits per heavy atom. The van der Waals surface area contributed by atoms with Crippen LogP contribution in [-0.4, -0.2) is 23.6 Å². The Labute approximate surface area is 93.4 Å². The molecule has 0 heterocycles. The normalized spacial score (nSPS) is 20.1. The van der Waals surface area contributed by atoms with Gasteiger partial charge in [-0.25, -0.2) is 0 Å². The Hall–Kier alpha value is 0.310. The number of thioether (sulfide) groups is 1. The highest BCUT2D eigenvalue weighted by molar-refractivity contribution is 7.99. The molecule has 0 aromatic carbocycles. The minimum Gasteiger partial charge on any atom is -0.312 e. The molecule has 0 saturated heterocycles. The fourth-order valence-corrected chi connectivity index (χ4v) is 2.07. The van der Waals surface area contributed by atoms with Gasteiger partial charge in [0.2, 0.25) is 0 Å². The van der Waals surface area contributed by atoms with Gasteiger partial charge in [0.15, 0.2) is 0 Å². The predicted octanol–water partition coefficient (Wildman–Crippen LogP) is 3.15. The molecule has 0 spiro atoms. The molecular weight excluding hydrogens is 190 g/mol. The van der Waals surface area contributed by atoms with Crippen LogP contribution in [0.4, 0.5) is 0 Å². The third-order valence-electron chi connectivity index (χ3n) is 3.16. The van der Waals surface area contributed by atoms with Crippen molar-refractivity contribution in [3.05, 3.63) is 0 Å². The van der Waals surface area contributed by atoms with Crippen LogP contribution in [0.25, 0.3) is 0 Å². The molecule has 1 aliphatic rings. The summed E-state index contributed by atoms with van der Waals surface area (Å²) in [6.07, 6.45) is 5.08. The van der Waals surface area contributed by atoms with Crippen LogP contribution < -0.4 is 5.32 Å². The quantitative estimate of drug-likeness (QED) is 0.730. The zero-order valence-corrected chi connectivity index (χ0v) is 11.1. The molecule has 0 aliphatic heterocycles. The van der Waals surface area contributed by atoms with Crippen molar-refractivity contribution in [1.82, 2.24) is 5.32 Å². The zero-order chi connectivity index (χ0) is 10.8. The minimum absolute atomic E-state index is 0.377. The number of hydrogen-bond acceptors (Lipinski definition) is 2. The van der Waals surface area contributed by atoms with E-state index >= 15 is 0 Å². The number of hydrogen-bond donors (Lipinski definition) is 1. The highest BCUT2D eigenvalue weighted by Gasteiger charge is 2.33. The maximum atomic E-state index is 3.75. The van der Waals surface area contributed by atoms with Crippen LogP contribution in [0.3, 0.4) is 0 Å². The summed E-state index contributed by atoms with van der Waals surface area (Å²) >= 11 is 1.95. The fourth-order valence-electron chi connectivity index (χ4n) is 1.84. The average Bonchev–Trinajstić information content (AvgIpc) is 2.88. The van der Waals surface area contributed by atoms with Crippen LogP contribution in [0, 0.1) is 11.8 Å². The third-order valence-corrected chi connectivity index (χ3v) is 4.41. The lowest BCUT2D eigenvalue weighted by Crippen LogP contribution is -2.42. The van der Waals surface area contributed by atoms with Gasteiger partial charge in [0.1, 0.15) is 0 Å². The first-order valence-electron chi connectivity index (χ1n) is 5.75. The van der Waals surface area contributed by atoms with Gasteiger partial charge >= 0.3 is 0 Å². The predicted molar refractivity (Wildman–Crippen MR) is 66.9 cm³/mol. The highest BCUT2D eigenvalue weighted by Crippen LogP contribution is 2.36. The summed E-state index contributed by atoms with van der Waals surface area (Å²) in [5.41, 5.74) is 0. The third kappa shape index (κ3) is 3.82. The standard InChI is InChI=1S/C12H25NS/c1-9(2)11(10-6-7-10)13-8-12(3,4)14-5/h9-11,13H,6-8H2,1-5H3. The van der Waals surface area contributed by atoms with Crippen LogP contribution in [0.2, 0.25) is 0 Å². The van der Waals surface area contributed by atoms with Crippen molar-refractivity contribution in [3.8, 4) is 0 Å². The second kappa shape index (κ2) is 4.89. The van der Waals surface area contributed by atoms with Crippen molar-refractivity contribution in [2.75, 3.05) is 12.8 Å². The Morgan fingerprint density at radius 3 is 2.29 bits per heavy atom. The molecule has 0 bridgehead atoms. The summed E-state index contributed by atoms with van der Waals surface area (Å²) in [7, 11) is 0. The molecule has 0 aromatic heterocycles. The molecule has 1 fully saturated rings. The van der Waals surface area contributed by atoms with E-state index in [1.165, 1.54) is 12.8 Å². The topological polar surface area (TPSA) is 12.0 Å². The summed E-state index contributed by atoms with van der Waals surface area (Å²) in [4.78, 5) is 0. The molecule has 84 valence electrons. The van der Waals surface area contributed by atoms with E-state index in [-0.39, 0.29) is 0 Å².